The number of ether oxygens (including phenoxy) is 3. The van der Waals surface area contributed by atoms with Crippen LogP contribution in [0.2, 0.25) is 0 Å². The van der Waals surface area contributed by atoms with Crippen LogP contribution in [0.5, 0.6) is 0 Å². The fourth-order valence-corrected chi connectivity index (χ4v) is 9.35. The van der Waals surface area contributed by atoms with Crippen molar-refractivity contribution in [3.05, 3.63) is 109 Å². The molecule has 0 bridgehead atoms. The second-order valence-corrected chi connectivity index (χ2v) is 22.0. The maximum Gasteiger partial charge on any atom is 0.306 e. The van der Waals surface area contributed by atoms with Crippen LogP contribution in [0.3, 0.4) is 0 Å². The van der Waals surface area contributed by atoms with Crippen molar-refractivity contribution < 1.29 is 28.6 Å². The van der Waals surface area contributed by atoms with Crippen LogP contribution < -0.4 is 0 Å². The van der Waals surface area contributed by atoms with E-state index < -0.39 is 6.10 Å². The molecule has 0 rings (SSSR count). The Morgan fingerprint density at radius 1 is 0.266 bits per heavy atom. The molecule has 0 aliphatic carbocycles. The molecular weight excluding hydrogens is 973 g/mol. The molecule has 0 aromatic carbocycles. The Morgan fingerprint density at radius 2 is 0.494 bits per heavy atom. The van der Waals surface area contributed by atoms with Crippen molar-refractivity contribution in [2.24, 2.45) is 0 Å². The van der Waals surface area contributed by atoms with Crippen LogP contribution in [0.25, 0.3) is 0 Å². The number of esters is 3. The van der Waals surface area contributed by atoms with Crippen LogP contribution in [-0.2, 0) is 28.6 Å². The van der Waals surface area contributed by atoms with Gasteiger partial charge in [-0.2, -0.15) is 0 Å². The molecule has 0 spiro atoms. The van der Waals surface area contributed by atoms with Gasteiger partial charge in [0.25, 0.3) is 0 Å². The Balaban J connectivity index is 4.10. The summed E-state index contributed by atoms with van der Waals surface area (Å²) in [7, 11) is 0. The monoisotopic (exact) mass is 1100 g/mol. The highest BCUT2D eigenvalue weighted by Gasteiger charge is 2.19. The molecule has 0 N–H and O–H groups in total. The van der Waals surface area contributed by atoms with E-state index >= 15 is 0 Å². The molecule has 0 amide bonds. The average molecular weight is 1100 g/mol. The van der Waals surface area contributed by atoms with E-state index in [0.717, 1.165) is 122 Å². The van der Waals surface area contributed by atoms with Crippen molar-refractivity contribution in [1.29, 1.82) is 0 Å². The lowest BCUT2D eigenvalue weighted by Gasteiger charge is -2.18. The van der Waals surface area contributed by atoms with E-state index in [2.05, 4.69) is 130 Å². The Kier molecular flexibility index (Phi) is 63.3. The summed E-state index contributed by atoms with van der Waals surface area (Å²) < 4.78 is 16.9. The van der Waals surface area contributed by atoms with Crippen molar-refractivity contribution in [2.45, 2.75) is 322 Å². The highest BCUT2D eigenvalue weighted by Crippen LogP contribution is 2.17. The molecule has 0 heterocycles. The topological polar surface area (TPSA) is 78.9 Å². The van der Waals surface area contributed by atoms with Gasteiger partial charge in [0.2, 0.25) is 0 Å². The summed E-state index contributed by atoms with van der Waals surface area (Å²) in [6.45, 7) is 6.39. The Labute approximate surface area is 489 Å². The standard InChI is InChI=1S/C73H124O6/c1-4-7-10-13-16-18-20-22-24-26-28-30-32-34-35-36-37-39-40-42-44-46-48-50-52-54-57-60-63-66-72(75)78-69-70(68-77-71(74)65-62-59-56-15-12-9-6-3)79-73(76)67-64-61-58-55-53-51-49-47-45-43-41-38-33-31-29-27-25-23-21-19-17-14-11-8-5-2/h7-8,10-11,16-19,22-25,28-31,38,41,70H,4-6,9,12-15,20-21,26-27,32-37,39-40,42-69H2,1-3H3/b10-7-,11-8-,18-16-,19-17-,24-22-,25-23-,30-28-,31-29-,41-38-. The maximum absolute atomic E-state index is 12.9. The van der Waals surface area contributed by atoms with Gasteiger partial charge in [0, 0.05) is 19.3 Å². The predicted molar refractivity (Wildman–Crippen MR) is 343 cm³/mol. The molecule has 1 atom stereocenters. The molecular formula is C73H124O6. The summed E-state index contributed by atoms with van der Waals surface area (Å²) in [5.41, 5.74) is 0. The minimum absolute atomic E-state index is 0.0780. The Hall–Kier alpha value is -3.93. The number of hydrogen-bond donors (Lipinski definition) is 0. The van der Waals surface area contributed by atoms with E-state index in [1.807, 2.05) is 0 Å². The Morgan fingerprint density at radius 3 is 0.772 bits per heavy atom. The molecule has 79 heavy (non-hydrogen) atoms. The lowest BCUT2D eigenvalue weighted by Crippen LogP contribution is -2.30. The van der Waals surface area contributed by atoms with Crippen molar-refractivity contribution in [2.75, 3.05) is 13.2 Å². The van der Waals surface area contributed by atoms with Crippen molar-refractivity contribution in [3.63, 3.8) is 0 Å². The summed E-state index contributed by atoms with van der Waals surface area (Å²) in [5.74, 6) is -0.881. The van der Waals surface area contributed by atoms with Crippen molar-refractivity contribution >= 4 is 17.9 Å². The third-order valence-electron chi connectivity index (χ3n) is 14.3. The van der Waals surface area contributed by atoms with E-state index in [-0.39, 0.29) is 31.1 Å². The van der Waals surface area contributed by atoms with Gasteiger partial charge in [0.05, 0.1) is 0 Å². The molecule has 452 valence electrons. The third-order valence-corrected chi connectivity index (χ3v) is 14.3. The SMILES string of the molecule is CC/C=C\C/C=C\C/C=C\C/C=C\C/C=C\CCCCCCCCCCCC(=O)OC(COC(=O)CCCCCCCCC)COC(=O)CCCCCCCCCCCCCCCCCC/C=C\C/C=C\C/C=C\C/C=C\CC. The van der Waals surface area contributed by atoms with Crippen LogP contribution in [-0.4, -0.2) is 37.2 Å². The number of allylic oxidation sites excluding steroid dienone is 18. The van der Waals surface area contributed by atoms with Gasteiger partial charge < -0.3 is 14.2 Å². The van der Waals surface area contributed by atoms with Crippen LogP contribution in [0.4, 0.5) is 0 Å². The minimum atomic E-state index is -0.779. The molecule has 0 saturated heterocycles. The number of carbonyl (C=O) groups is 3. The lowest BCUT2D eigenvalue weighted by molar-refractivity contribution is -0.167. The van der Waals surface area contributed by atoms with E-state index in [0.29, 0.717) is 19.3 Å². The third kappa shape index (κ3) is 64.8. The molecule has 1 unspecified atom stereocenters. The molecule has 0 aliphatic heterocycles. The number of hydrogen-bond acceptors (Lipinski definition) is 6. The fourth-order valence-electron chi connectivity index (χ4n) is 9.35. The molecule has 0 saturated carbocycles. The van der Waals surface area contributed by atoms with Crippen LogP contribution >= 0.6 is 0 Å². The van der Waals surface area contributed by atoms with Crippen LogP contribution in [0.15, 0.2) is 109 Å². The van der Waals surface area contributed by atoms with Gasteiger partial charge in [-0.25, -0.2) is 0 Å². The zero-order valence-electron chi connectivity index (χ0n) is 51.9. The van der Waals surface area contributed by atoms with Crippen LogP contribution in [0.1, 0.15) is 316 Å². The van der Waals surface area contributed by atoms with E-state index in [1.165, 1.54) is 154 Å². The Bertz CT molecular complexity index is 1590. The normalized spacial score (nSPS) is 12.8. The maximum atomic E-state index is 12.9. The second-order valence-electron chi connectivity index (χ2n) is 22.0. The summed E-state index contributed by atoms with van der Waals surface area (Å²) in [6, 6.07) is 0. The first-order valence-electron chi connectivity index (χ1n) is 33.4. The minimum Gasteiger partial charge on any atom is -0.462 e. The molecule has 0 aromatic rings. The quantitative estimate of drug-likeness (QED) is 0.0261. The largest absolute Gasteiger partial charge is 0.462 e. The fraction of sp³-hybridized carbons (Fsp3) is 0.712. The smallest absolute Gasteiger partial charge is 0.306 e. The first-order valence-corrected chi connectivity index (χ1v) is 33.4. The van der Waals surface area contributed by atoms with E-state index in [4.69, 9.17) is 14.2 Å². The van der Waals surface area contributed by atoms with Gasteiger partial charge >= 0.3 is 17.9 Å². The van der Waals surface area contributed by atoms with Gasteiger partial charge in [0.15, 0.2) is 6.10 Å². The van der Waals surface area contributed by atoms with Gasteiger partial charge in [-0.05, 0) is 103 Å². The summed E-state index contributed by atoms with van der Waals surface area (Å²) in [4.78, 5) is 38.1. The molecule has 0 fully saturated rings. The molecule has 0 aliphatic rings. The summed E-state index contributed by atoms with van der Waals surface area (Å²) in [6.07, 6.45) is 91.3. The van der Waals surface area contributed by atoms with Gasteiger partial charge in [-0.15, -0.1) is 0 Å². The molecule has 0 radical (unpaired) electrons. The van der Waals surface area contributed by atoms with E-state index in [9.17, 15) is 14.4 Å². The van der Waals surface area contributed by atoms with Crippen LogP contribution in [0, 0.1) is 0 Å². The van der Waals surface area contributed by atoms with E-state index in [1.54, 1.807) is 0 Å². The van der Waals surface area contributed by atoms with Crippen molar-refractivity contribution in [3.8, 4) is 0 Å². The zero-order valence-corrected chi connectivity index (χ0v) is 51.9. The number of rotatable bonds is 60. The molecule has 0 aromatic heterocycles. The number of carbonyl (C=O) groups excluding carboxylic acids is 3. The van der Waals surface area contributed by atoms with Gasteiger partial charge in [0.1, 0.15) is 13.2 Å². The highest BCUT2D eigenvalue weighted by molar-refractivity contribution is 5.71. The predicted octanol–water partition coefficient (Wildman–Crippen LogP) is 23.0. The second kappa shape index (κ2) is 66.6. The summed E-state index contributed by atoms with van der Waals surface area (Å²) in [5, 5.41) is 0. The number of unbranched alkanes of at least 4 members (excludes halogenated alkanes) is 31. The lowest BCUT2D eigenvalue weighted by atomic mass is 10.0. The average Bonchev–Trinajstić information content (AvgIpc) is 3.45. The van der Waals surface area contributed by atoms with Gasteiger partial charge in [-0.1, -0.05) is 304 Å². The zero-order chi connectivity index (χ0) is 57.1. The first kappa shape index (κ1) is 75.1. The highest BCUT2D eigenvalue weighted by atomic mass is 16.6. The van der Waals surface area contributed by atoms with Crippen molar-refractivity contribution in [1.82, 2.24) is 0 Å². The van der Waals surface area contributed by atoms with Gasteiger partial charge in [-0.3, -0.25) is 14.4 Å². The molecule has 6 nitrogen and oxygen atoms in total. The summed E-state index contributed by atoms with van der Waals surface area (Å²) >= 11 is 0. The first-order chi connectivity index (χ1) is 39.0. The molecule has 6 heteroatoms.